The van der Waals surface area contributed by atoms with Crippen LogP contribution in [0.15, 0.2) is 30.3 Å². The van der Waals surface area contributed by atoms with E-state index in [4.69, 9.17) is 0 Å². The standard InChI is InChI=1S/C16H21N3O/c1-11(2)19-13(4)9-15(18-19)16(20)17-10-14-7-5-6-12(3)8-14/h5-9,11H,10H2,1-4H3,(H,17,20). The van der Waals surface area contributed by atoms with Gasteiger partial charge in [0.1, 0.15) is 5.69 Å². The zero-order valence-electron chi connectivity index (χ0n) is 12.5. The highest BCUT2D eigenvalue weighted by atomic mass is 16.1. The molecule has 1 heterocycles. The first-order valence-corrected chi connectivity index (χ1v) is 6.87. The number of carbonyl (C=O) groups excluding carboxylic acids is 1. The van der Waals surface area contributed by atoms with Gasteiger partial charge in [0.2, 0.25) is 0 Å². The zero-order valence-corrected chi connectivity index (χ0v) is 12.5. The Morgan fingerprint density at radius 3 is 2.65 bits per heavy atom. The summed E-state index contributed by atoms with van der Waals surface area (Å²) in [6.07, 6.45) is 0. The van der Waals surface area contributed by atoms with Crippen LogP contribution < -0.4 is 5.32 Å². The van der Waals surface area contributed by atoms with Gasteiger partial charge in [0.25, 0.3) is 5.91 Å². The van der Waals surface area contributed by atoms with Gasteiger partial charge in [-0.15, -0.1) is 0 Å². The molecule has 20 heavy (non-hydrogen) atoms. The highest BCUT2D eigenvalue weighted by molar-refractivity contribution is 5.92. The highest BCUT2D eigenvalue weighted by Gasteiger charge is 2.13. The largest absolute Gasteiger partial charge is 0.347 e. The number of benzene rings is 1. The van der Waals surface area contributed by atoms with E-state index in [-0.39, 0.29) is 11.9 Å². The molecule has 1 aromatic carbocycles. The number of nitrogens with one attached hydrogen (secondary N) is 1. The molecule has 0 unspecified atom stereocenters. The molecule has 0 aliphatic carbocycles. The van der Waals surface area contributed by atoms with Crippen LogP contribution in [-0.4, -0.2) is 15.7 Å². The van der Waals surface area contributed by atoms with Gasteiger partial charge >= 0.3 is 0 Å². The van der Waals surface area contributed by atoms with Crippen molar-refractivity contribution in [3.05, 3.63) is 52.8 Å². The molecule has 4 nitrogen and oxygen atoms in total. The Hall–Kier alpha value is -2.10. The fraction of sp³-hybridized carbons (Fsp3) is 0.375. The second-order valence-electron chi connectivity index (χ2n) is 5.38. The lowest BCUT2D eigenvalue weighted by molar-refractivity contribution is 0.0945. The molecule has 0 saturated heterocycles. The molecule has 1 amide bonds. The molecule has 0 aliphatic heterocycles. The highest BCUT2D eigenvalue weighted by Crippen LogP contribution is 2.10. The summed E-state index contributed by atoms with van der Waals surface area (Å²) in [6.45, 7) is 8.63. The number of nitrogens with zero attached hydrogens (tertiary/aromatic N) is 2. The number of hydrogen-bond donors (Lipinski definition) is 1. The first kappa shape index (κ1) is 14.3. The summed E-state index contributed by atoms with van der Waals surface area (Å²) in [6, 6.07) is 10.2. The fourth-order valence-electron chi connectivity index (χ4n) is 2.22. The summed E-state index contributed by atoms with van der Waals surface area (Å²) in [5.74, 6) is -0.131. The van der Waals surface area contributed by atoms with Crippen molar-refractivity contribution in [2.45, 2.75) is 40.3 Å². The van der Waals surface area contributed by atoms with Crippen molar-refractivity contribution in [2.75, 3.05) is 0 Å². The topological polar surface area (TPSA) is 46.9 Å². The predicted molar refractivity (Wildman–Crippen MR) is 79.7 cm³/mol. The average molecular weight is 271 g/mol. The fourth-order valence-corrected chi connectivity index (χ4v) is 2.22. The number of aryl methyl sites for hydroxylation is 2. The molecule has 0 atom stereocenters. The number of aromatic nitrogens is 2. The smallest absolute Gasteiger partial charge is 0.272 e. The summed E-state index contributed by atoms with van der Waals surface area (Å²) in [5, 5.41) is 7.25. The minimum atomic E-state index is -0.131. The van der Waals surface area contributed by atoms with Gasteiger partial charge in [-0.05, 0) is 39.3 Å². The Morgan fingerprint density at radius 1 is 1.30 bits per heavy atom. The lowest BCUT2D eigenvalue weighted by Crippen LogP contribution is -2.23. The molecule has 0 bridgehead atoms. The molecule has 4 heteroatoms. The van der Waals surface area contributed by atoms with Gasteiger partial charge in [-0.25, -0.2) is 0 Å². The molecule has 0 spiro atoms. The maximum absolute atomic E-state index is 12.1. The van der Waals surface area contributed by atoms with Gasteiger partial charge in [-0.2, -0.15) is 5.10 Å². The third-order valence-electron chi connectivity index (χ3n) is 3.18. The van der Waals surface area contributed by atoms with Gasteiger partial charge in [0.05, 0.1) is 0 Å². The van der Waals surface area contributed by atoms with Gasteiger partial charge in [-0.3, -0.25) is 9.48 Å². The average Bonchev–Trinajstić information content (AvgIpc) is 2.78. The van der Waals surface area contributed by atoms with Crippen molar-refractivity contribution in [1.82, 2.24) is 15.1 Å². The molecule has 1 N–H and O–H groups in total. The van der Waals surface area contributed by atoms with Crippen LogP contribution in [-0.2, 0) is 6.54 Å². The van der Waals surface area contributed by atoms with Gasteiger partial charge in [-0.1, -0.05) is 29.8 Å². The maximum Gasteiger partial charge on any atom is 0.272 e. The molecule has 2 aromatic rings. The molecule has 0 radical (unpaired) electrons. The zero-order chi connectivity index (χ0) is 14.7. The minimum absolute atomic E-state index is 0.131. The molecule has 0 fully saturated rings. The van der Waals surface area contributed by atoms with E-state index in [1.807, 2.05) is 42.8 Å². The van der Waals surface area contributed by atoms with Crippen LogP contribution in [0.4, 0.5) is 0 Å². The van der Waals surface area contributed by atoms with E-state index in [2.05, 4.69) is 30.3 Å². The van der Waals surface area contributed by atoms with Crippen molar-refractivity contribution in [3.63, 3.8) is 0 Å². The summed E-state index contributed by atoms with van der Waals surface area (Å²) in [7, 11) is 0. The molecular weight excluding hydrogens is 250 g/mol. The van der Waals surface area contributed by atoms with Crippen LogP contribution in [0.2, 0.25) is 0 Å². The number of rotatable bonds is 4. The Bertz CT molecular complexity index is 614. The Kier molecular flexibility index (Phi) is 4.23. The normalized spacial score (nSPS) is 10.8. The predicted octanol–water partition coefficient (Wildman–Crippen LogP) is 3.01. The number of carbonyl (C=O) groups is 1. The molecule has 0 saturated carbocycles. The number of amides is 1. The van der Waals surface area contributed by atoms with Crippen LogP contribution in [0.5, 0.6) is 0 Å². The molecule has 0 aliphatic rings. The lowest BCUT2D eigenvalue weighted by Gasteiger charge is -2.07. The summed E-state index contributed by atoms with van der Waals surface area (Å²) < 4.78 is 1.86. The summed E-state index contributed by atoms with van der Waals surface area (Å²) in [4.78, 5) is 12.1. The molecule has 106 valence electrons. The first-order valence-electron chi connectivity index (χ1n) is 6.87. The van der Waals surface area contributed by atoms with Crippen molar-refractivity contribution in [1.29, 1.82) is 0 Å². The summed E-state index contributed by atoms with van der Waals surface area (Å²) in [5.41, 5.74) is 3.76. The Balaban J connectivity index is 2.03. The minimum Gasteiger partial charge on any atom is -0.347 e. The van der Waals surface area contributed by atoms with Crippen LogP contribution in [0.1, 0.15) is 47.2 Å². The van der Waals surface area contributed by atoms with Crippen molar-refractivity contribution < 1.29 is 4.79 Å². The third kappa shape index (κ3) is 3.26. The van der Waals surface area contributed by atoms with Gasteiger partial charge in [0, 0.05) is 18.3 Å². The van der Waals surface area contributed by atoms with E-state index in [0.717, 1.165) is 11.3 Å². The van der Waals surface area contributed by atoms with E-state index in [1.165, 1.54) is 5.56 Å². The molecule has 1 aromatic heterocycles. The van der Waals surface area contributed by atoms with E-state index >= 15 is 0 Å². The van der Waals surface area contributed by atoms with Gasteiger partial charge in [0.15, 0.2) is 0 Å². The third-order valence-corrected chi connectivity index (χ3v) is 3.18. The van der Waals surface area contributed by atoms with Gasteiger partial charge < -0.3 is 5.32 Å². The van der Waals surface area contributed by atoms with Crippen molar-refractivity contribution in [2.24, 2.45) is 0 Å². The van der Waals surface area contributed by atoms with Crippen LogP contribution >= 0.6 is 0 Å². The van der Waals surface area contributed by atoms with Crippen LogP contribution in [0, 0.1) is 13.8 Å². The lowest BCUT2D eigenvalue weighted by atomic mass is 10.1. The Morgan fingerprint density at radius 2 is 2.05 bits per heavy atom. The Labute approximate surface area is 119 Å². The second-order valence-corrected chi connectivity index (χ2v) is 5.38. The monoisotopic (exact) mass is 271 g/mol. The van der Waals surface area contributed by atoms with Crippen LogP contribution in [0.3, 0.4) is 0 Å². The van der Waals surface area contributed by atoms with E-state index in [0.29, 0.717) is 12.2 Å². The summed E-state index contributed by atoms with van der Waals surface area (Å²) >= 11 is 0. The molecule has 2 rings (SSSR count). The van der Waals surface area contributed by atoms with Crippen molar-refractivity contribution >= 4 is 5.91 Å². The van der Waals surface area contributed by atoms with Crippen molar-refractivity contribution in [3.8, 4) is 0 Å². The second kappa shape index (κ2) is 5.90. The van der Waals surface area contributed by atoms with Crippen LogP contribution in [0.25, 0.3) is 0 Å². The first-order chi connectivity index (χ1) is 9.47. The van der Waals surface area contributed by atoms with E-state index < -0.39 is 0 Å². The molecular formula is C16H21N3O. The maximum atomic E-state index is 12.1. The number of hydrogen-bond acceptors (Lipinski definition) is 2. The van der Waals surface area contributed by atoms with E-state index in [9.17, 15) is 4.79 Å². The van der Waals surface area contributed by atoms with E-state index in [1.54, 1.807) is 0 Å². The SMILES string of the molecule is Cc1cccc(CNC(=O)c2cc(C)n(C(C)C)n2)c1. The quantitative estimate of drug-likeness (QED) is 0.929.